The fourth-order valence-electron chi connectivity index (χ4n) is 4.88. The number of fused-ring (bicyclic) bond motifs is 1. The summed E-state index contributed by atoms with van der Waals surface area (Å²) in [6.45, 7) is 5.71. The van der Waals surface area contributed by atoms with Crippen molar-refractivity contribution in [2.45, 2.75) is 71.0 Å². The van der Waals surface area contributed by atoms with Gasteiger partial charge >= 0.3 is 0 Å². The van der Waals surface area contributed by atoms with Crippen LogP contribution >= 0.6 is 0 Å². The quantitative estimate of drug-likeness (QED) is 0.790. The summed E-state index contributed by atoms with van der Waals surface area (Å²) in [7, 11) is 0. The Balaban J connectivity index is 1.60. The molecule has 3 heterocycles. The molecule has 1 unspecified atom stereocenters. The van der Waals surface area contributed by atoms with Gasteiger partial charge < -0.3 is 14.8 Å². The van der Waals surface area contributed by atoms with Crippen LogP contribution in [0.3, 0.4) is 0 Å². The molecule has 31 heavy (non-hydrogen) atoms. The SMILES string of the molecule is CC[C@@H](NC(=O)c1cc(C(=O)N2CCCC2C)n2c1CCCC2)c1ccc(C#N)cc1. The van der Waals surface area contributed by atoms with Crippen molar-refractivity contribution in [3.05, 3.63) is 58.4 Å². The Bertz CT molecular complexity index is 1020. The molecule has 0 spiro atoms. The maximum atomic E-state index is 13.3. The van der Waals surface area contributed by atoms with E-state index < -0.39 is 0 Å². The third-order valence-corrected chi connectivity index (χ3v) is 6.69. The molecule has 1 saturated heterocycles. The van der Waals surface area contributed by atoms with Gasteiger partial charge in [-0.05, 0) is 69.2 Å². The average Bonchev–Trinajstić information content (AvgIpc) is 3.41. The van der Waals surface area contributed by atoms with E-state index in [9.17, 15) is 9.59 Å². The van der Waals surface area contributed by atoms with Crippen molar-refractivity contribution >= 4 is 11.8 Å². The van der Waals surface area contributed by atoms with Crippen LogP contribution in [0.4, 0.5) is 0 Å². The summed E-state index contributed by atoms with van der Waals surface area (Å²) in [6.07, 6.45) is 5.70. The lowest BCUT2D eigenvalue weighted by Crippen LogP contribution is -2.35. The van der Waals surface area contributed by atoms with Crippen molar-refractivity contribution in [1.82, 2.24) is 14.8 Å². The van der Waals surface area contributed by atoms with E-state index in [0.29, 0.717) is 16.8 Å². The number of amides is 2. The van der Waals surface area contributed by atoms with Crippen LogP contribution in [0.25, 0.3) is 0 Å². The second-order valence-corrected chi connectivity index (χ2v) is 8.66. The fourth-order valence-corrected chi connectivity index (χ4v) is 4.88. The van der Waals surface area contributed by atoms with Gasteiger partial charge in [-0.25, -0.2) is 0 Å². The van der Waals surface area contributed by atoms with Crippen LogP contribution in [0.15, 0.2) is 30.3 Å². The zero-order valence-corrected chi connectivity index (χ0v) is 18.4. The Morgan fingerprint density at radius 2 is 1.97 bits per heavy atom. The molecule has 1 aromatic heterocycles. The summed E-state index contributed by atoms with van der Waals surface area (Å²) < 4.78 is 2.08. The number of nitrogens with one attached hydrogen (secondary N) is 1. The number of aromatic nitrogens is 1. The van der Waals surface area contributed by atoms with Crippen LogP contribution in [0, 0.1) is 11.3 Å². The molecule has 0 radical (unpaired) electrons. The molecular weight excluding hydrogens is 388 g/mol. The number of hydrogen-bond acceptors (Lipinski definition) is 3. The number of hydrogen-bond donors (Lipinski definition) is 1. The lowest BCUT2D eigenvalue weighted by atomic mass is 10.0. The van der Waals surface area contributed by atoms with Crippen LogP contribution in [-0.2, 0) is 13.0 Å². The first-order valence-electron chi connectivity index (χ1n) is 11.4. The van der Waals surface area contributed by atoms with Gasteiger partial charge in [-0.3, -0.25) is 9.59 Å². The normalized spacial score (nSPS) is 18.9. The van der Waals surface area contributed by atoms with Crippen LogP contribution < -0.4 is 5.32 Å². The molecule has 2 amide bonds. The third-order valence-electron chi connectivity index (χ3n) is 6.69. The first-order chi connectivity index (χ1) is 15.0. The number of rotatable bonds is 5. The Morgan fingerprint density at radius 3 is 2.61 bits per heavy atom. The standard InChI is InChI=1S/C25H30N4O2/c1-3-21(19-11-9-18(16-26)10-12-19)27-24(30)20-15-23(29-13-5-4-8-22(20)29)25(31)28-14-6-7-17(28)2/h9-12,15,17,21H,3-8,13-14H2,1-2H3,(H,27,30)/t17?,21-/m1/s1. The number of benzene rings is 1. The van der Waals surface area contributed by atoms with E-state index in [0.717, 1.165) is 62.9 Å². The van der Waals surface area contributed by atoms with Crippen molar-refractivity contribution in [1.29, 1.82) is 5.26 Å². The molecule has 1 aromatic carbocycles. The van der Waals surface area contributed by atoms with Crippen molar-refractivity contribution in [3.63, 3.8) is 0 Å². The molecule has 1 N–H and O–H groups in total. The van der Waals surface area contributed by atoms with E-state index in [4.69, 9.17) is 5.26 Å². The smallest absolute Gasteiger partial charge is 0.270 e. The molecular formula is C25H30N4O2. The highest BCUT2D eigenvalue weighted by molar-refractivity contribution is 6.01. The molecule has 1 fully saturated rings. The van der Waals surface area contributed by atoms with Crippen LogP contribution in [-0.4, -0.2) is 33.9 Å². The Kier molecular flexibility index (Phi) is 6.13. The molecule has 6 heteroatoms. The summed E-state index contributed by atoms with van der Waals surface area (Å²) in [6, 6.07) is 11.4. The first kappa shape index (κ1) is 21.2. The second kappa shape index (κ2) is 8.97. The number of nitriles is 1. The molecule has 162 valence electrons. The highest BCUT2D eigenvalue weighted by atomic mass is 16.2. The number of likely N-dealkylation sites (tertiary alicyclic amines) is 1. The van der Waals surface area contributed by atoms with Gasteiger partial charge in [0.25, 0.3) is 11.8 Å². The summed E-state index contributed by atoms with van der Waals surface area (Å²) >= 11 is 0. The number of carbonyl (C=O) groups excluding carboxylic acids is 2. The molecule has 2 aliphatic heterocycles. The highest BCUT2D eigenvalue weighted by Gasteiger charge is 2.32. The van der Waals surface area contributed by atoms with Crippen molar-refractivity contribution in [2.24, 2.45) is 0 Å². The number of nitrogens with zero attached hydrogens (tertiary/aromatic N) is 3. The maximum Gasteiger partial charge on any atom is 0.270 e. The van der Waals surface area contributed by atoms with E-state index >= 15 is 0 Å². The molecule has 4 rings (SSSR count). The monoisotopic (exact) mass is 418 g/mol. The van der Waals surface area contributed by atoms with Crippen LogP contribution in [0.5, 0.6) is 0 Å². The maximum absolute atomic E-state index is 13.3. The van der Waals surface area contributed by atoms with Crippen LogP contribution in [0.2, 0.25) is 0 Å². The zero-order valence-electron chi connectivity index (χ0n) is 18.4. The molecule has 2 aliphatic rings. The molecule has 0 saturated carbocycles. The highest BCUT2D eigenvalue weighted by Crippen LogP contribution is 2.28. The number of carbonyl (C=O) groups is 2. The Hall–Kier alpha value is -3.07. The third kappa shape index (κ3) is 4.10. The fraction of sp³-hybridized carbons (Fsp3) is 0.480. The molecule has 0 bridgehead atoms. The minimum atomic E-state index is -0.142. The van der Waals surface area contributed by atoms with Crippen molar-refractivity contribution in [2.75, 3.05) is 6.54 Å². The van der Waals surface area contributed by atoms with E-state index in [1.807, 2.05) is 30.0 Å². The lowest BCUT2D eigenvalue weighted by Gasteiger charge is -2.24. The van der Waals surface area contributed by atoms with Gasteiger partial charge in [0.2, 0.25) is 0 Å². The van der Waals surface area contributed by atoms with E-state index in [-0.39, 0.29) is 23.9 Å². The van der Waals surface area contributed by atoms with E-state index in [2.05, 4.69) is 22.9 Å². The van der Waals surface area contributed by atoms with E-state index in [1.165, 1.54) is 0 Å². The molecule has 2 atom stereocenters. The van der Waals surface area contributed by atoms with Gasteiger partial charge in [0.1, 0.15) is 5.69 Å². The van der Waals surface area contributed by atoms with Gasteiger partial charge in [-0.15, -0.1) is 0 Å². The molecule has 2 aromatic rings. The van der Waals surface area contributed by atoms with Crippen molar-refractivity contribution in [3.8, 4) is 6.07 Å². The topological polar surface area (TPSA) is 78.1 Å². The average molecular weight is 419 g/mol. The van der Waals surface area contributed by atoms with Gasteiger partial charge in [0.15, 0.2) is 0 Å². The van der Waals surface area contributed by atoms with Gasteiger partial charge in [0.05, 0.1) is 23.2 Å². The van der Waals surface area contributed by atoms with E-state index in [1.54, 1.807) is 12.1 Å². The summed E-state index contributed by atoms with van der Waals surface area (Å²) in [5.74, 6) is -0.0817. The molecule has 0 aliphatic carbocycles. The summed E-state index contributed by atoms with van der Waals surface area (Å²) in [5, 5.41) is 12.2. The van der Waals surface area contributed by atoms with Crippen LogP contribution in [0.1, 0.15) is 89.7 Å². The van der Waals surface area contributed by atoms with Crippen molar-refractivity contribution < 1.29 is 9.59 Å². The predicted molar refractivity (Wildman–Crippen MR) is 119 cm³/mol. The Labute approximate surface area is 183 Å². The predicted octanol–water partition coefficient (Wildman–Crippen LogP) is 4.20. The summed E-state index contributed by atoms with van der Waals surface area (Å²) in [5.41, 5.74) is 3.84. The zero-order chi connectivity index (χ0) is 22.0. The van der Waals surface area contributed by atoms with Gasteiger partial charge in [-0.1, -0.05) is 19.1 Å². The first-order valence-corrected chi connectivity index (χ1v) is 11.4. The lowest BCUT2D eigenvalue weighted by molar-refractivity contribution is 0.0735. The summed E-state index contributed by atoms with van der Waals surface area (Å²) in [4.78, 5) is 28.5. The minimum absolute atomic E-state index is 0.0475. The molecule has 6 nitrogen and oxygen atoms in total. The second-order valence-electron chi connectivity index (χ2n) is 8.66. The van der Waals surface area contributed by atoms with Gasteiger partial charge in [-0.2, -0.15) is 5.26 Å². The Morgan fingerprint density at radius 1 is 1.19 bits per heavy atom. The van der Waals surface area contributed by atoms with Gasteiger partial charge in [0, 0.05) is 24.8 Å². The largest absolute Gasteiger partial charge is 0.345 e. The minimum Gasteiger partial charge on any atom is -0.345 e.